The summed E-state index contributed by atoms with van der Waals surface area (Å²) in [4.78, 5) is 4.92. The van der Waals surface area contributed by atoms with E-state index in [4.69, 9.17) is 0 Å². The number of rotatable bonds is 6. The maximum absolute atomic E-state index is 4.39. The van der Waals surface area contributed by atoms with Crippen molar-refractivity contribution >= 4 is 0 Å². The first kappa shape index (κ1) is 17.0. The van der Waals surface area contributed by atoms with Crippen LogP contribution < -0.4 is 0 Å². The van der Waals surface area contributed by atoms with E-state index in [-0.39, 0.29) is 6.04 Å². The first-order valence-corrected chi connectivity index (χ1v) is 8.87. The van der Waals surface area contributed by atoms with Crippen molar-refractivity contribution in [3.05, 3.63) is 41.7 Å². The van der Waals surface area contributed by atoms with E-state index in [1.54, 1.807) is 0 Å². The van der Waals surface area contributed by atoms with Crippen molar-refractivity contribution in [1.82, 2.24) is 30.0 Å². The summed E-state index contributed by atoms with van der Waals surface area (Å²) in [6.45, 7) is 9.71. The summed E-state index contributed by atoms with van der Waals surface area (Å²) in [6, 6.07) is 10.8. The molecular weight excluding hydrogens is 300 g/mol. The van der Waals surface area contributed by atoms with E-state index in [1.165, 1.54) is 5.56 Å². The second-order valence-corrected chi connectivity index (χ2v) is 7.02. The van der Waals surface area contributed by atoms with Gasteiger partial charge < -0.3 is 4.90 Å². The molecule has 130 valence electrons. The molecule has 1 fully saturated rings. The molecule has 6 nitrogen and oxygen atoms in total. The number of aryl methyl sites for hydroxylation is 2. The summed E-state index contributed by atoms with van der Waals surface area (Å²) in [5.74, 6) is 1.49. The van der Waals surface area contributed by atoms with Crippen LogP contribution in [0, 0.1) is 5.92 Å². The predicted molar refractivity (Wildman–Crippen MR) is 94.6 cm³/mol. The summed E-state index contributed by atoms with van der Waals surface area (Å²) >= 11 is 0. The van der Waals surface area contributed by atoms with Crippen molar-refractivity contribution in [3.8, 4) is 0 Å². The Morgan fingerprint density at radius 2 is 1.75 bits per heavy atom. The number of aromatic nitrogens is 4. The molecule has 1 atom stereocenters. The highest BCUT2D eigenvalue weighted by Gasteiger charge is 2.30. The topological polar surface area (TPSA) is 50.1 Å². The molecule has 0 amide bonds. The Morgan fingerprint density at radius 3 is 2.42 bits per heavy atom. The van der Waals surface area contributed by atoms with Crippen LogP contribution in [0.15, 0.2) is 30.3 Å². The largest absolute Gasteiger partial charge is 0.304 e. The van der Waals surface area contributed by atoms with Crippen LogP contribution in [0.3, 0.4) is 0 Å². The summed E-state index contributed by atoms with van der Waals surface area (Å²) in [5, 5.41) is 12.6. The Labute approximate surface area is 144 Å². The highest BCUT2D eigenvalue weighted by atomic mass is 15.6. The molecule has 24 heavy (non-hydrogen) atoms. The number of nitrogens with zero attached hydrogens (tertiary/aromatic N) is 6. The first-order chi connectivity index (χ1) is 11.6. The lowest BCUT2D eigenvalue weighted by Gasteiger charge is -2.39. The van der Waals surface area contributed by atoms with Gasteiger partial charge in [-0.25, -0.2) is 4.68 Å². The maximum atomic E-state index is 4.39. The van der Waals surface area contributed by atoms with Gasteiger partial charge in [-0.15, -0.1) is 5.10 Å². The molecule has 6 heteroatoms. The van der Waals surface area contributed by atoms with E-state index < -0.39 is 0 Å². The number of piperazine rings is 1. The summed E-state index contributed by atoms with van der Waals surface area (Å²) in [6.07, 6.45) is 0.951. The molecule has 0 unspecified atom stereocenters. The summed E-state index contributed by atoms with van der Waals surface area (Å²) in [7, 11) is 2.19. The lowest BCUT2D eigenvalue weighted by Crippen LogP contribution is -2.47. The minimum atomic E-state index is 0.282. The van der Waals surface area contributed by atoms with Crippen LogP contribution in [-0.4, -0.2) is 63.2 Å². The van der Waals surface area contributed by atoms with E-state index >= 15 is 0 Å². The van der Waals surface area contributed by atoms with Gasteiger partial charge in [0.2, 0.25) is 0 Å². The van der Waals surface area contributed by atoms with Crippen LogP contribution in [0.25, 0.3) is 0 Å². The Balaban J connectivity index is 1.73. The quantitative estimate of drug-likeness (QED) is 0.810. The molecule has 0 N–H and O–H groups in total. The second kappa shape index (κ2) is 7.85. The average molecular weight is 328 g/mol. The number of hydrogen-bond donors (Lipinski definition) is 0. The number of benzene rings is 1. The van der Waals surface area contributed by atoms with Crippen LogP contribution in [0.1, 0.15) is 31.3 Å². The van der Waals surface area contributed by atoms with Gasteiger partial charge in [0.15, 0.2) is 5.82 Å². The normalized spacial score (nSPS) is 18.2. The Bertz CT molecular complexity index is 615. The van der Waals surface area contributed by atoms with Crippen LogP contribution in [0.5, 0.6) is 0 Å². The molecule has 0 aliphatic carbocycles. The smallest absolute Gasteiger partial charge is 0.168 e. The Morgan fingerprint density at radius 1 is 1.04 bits per heavy atom. The third kappa shape index (κ3) is 3.99. The Kier molecular flexibility index (Phi) is 5.58. The van der Waals surface area contributed by atoms with Crippen molar-refractivity contribution in [3.63, 3.8) is 0 Å². The van der Waals surface area contributed by atoms with Gasteiger partial charge in [0.1, 0.15) is 0 Å². The third-order valence-electron chi connectivity index (χ3n) is 4.84. The van der Waals surface area contributed by atoms with Gasteiger partial charge in [0, 0.05) is 32.7 Å². The molecule has 1 aromatic carbocycles. The fourth-order valence-corrected chi connectivity index (χ4v) is 3.45. The molecule has 1 aliphatic rings. The molecule has 0 spiro atoms. The molecular formula is C18H28N6. The Hall–Kier alpha value is -1.79. The number of likely N-dealkylation sites (N-methyl/N-ethyl adjacent to an activating group) is 1. The van der Waals surface area contributed by atoms with E-state index in [0.717, 1.165) is 45.0 Å². The maximum Gasteiger partial charge on any atom is 0.168 e. The van der Waals surface area contributed by atoms with Crippen molar-refractivity contribution < 1.29 is 0 Å². The minimum absolute atomic E-state index is 0.282. The SMILES string of the molecule is CC(C)[C@@H](c1nnnn1CCc1ccccc1)N1CCN(C)CC1. The van der Waals surface area contributed by atoms with Gasteiger partial charge in [-0.3, -0.25) is 4.90 Å². The van der Waals surface area contributed by atoms with Crippen LogP contribution in [0.2, 0.25) is 0 Å². The summed E-state index contributed by atoms with van der Waals surface area (Å²) < 4.78 is 2.00. The molecule has 1 saturated heterocycles. The molecule has 2 heterocycles. The van der Waals surface area contributed by atoms with Gasteiger partial charge in [-0.2, -0.15) is 0 Å². The zero-order valence-corrected chi connectivity index (χ0v) is 15.0. The zero-order chi connectivity index (χ0) is 16.9. The van der Waals surface area contributed by atoms with Crippen LogP contribution >= 0.6 is 0 Å². The van der Waals surface area contributed by atoms with E-state index in [9.17, 15) is 0 Å². The third-order valence-corrected chi connectivity index (χ3v) is 4.84. The van der Waals surface area contributed by atoms with Gasteiger partial charge in [-0.1, -0.05) is 44.2 Å². The molecule has 3 rings (SSSR count). The molecule has 0 bridgehead atoms. The molecule has 0 saturated carbocycles. The van der Waals surface area contributed by atoms with Gasteiger partial charge in [-0.05, 0) is 35.4 Å². The highest BCUT2D eigenvalue weighted by molar-refractivity contribution is 5.14. The van der Waals surface area contributed by atoms with Gasteiger partial charge >= 0.3 is 0 Å². The first-order valence-electron chi connectivity index (χ1n) is 8.87. The zero-order valence-electron chi connectivity index (χ0n) is 15.0. The lowest BCUT2D eigenvalue weighted by atomic mass is 10.0. The monoisotopic (exact) mass is 328 g/mol. The van der Waals surface area contributed by atoms with Gasteiger partial charge in [0.25, 0.3) is 0 Å². The average Bonchev–Trinajstić information content (AvgIpc) is 3.04. The van der Waals surface area contributed by atoms with Gasteiger partial charge in [0.05, 0.1) is 6.04 Å². The van der Waals surface area contributed by atoms with Crippen molar-refractivity contribution in [2.24, 2.45) is 5.92 Å². The van der Waals surface area contributed by atoms with Crippen molar-refractivity contribution in [2.45, 2.75) is 32.9 Å². The van der Waals surface area contributed by atoms with Crippen molar-refractivity contribution in [1.29, 1.82) is 0 Å². The van der Waals surface area contributed by atoms with E-state index in [1.807, 2.05) is 10.7 Å². The van der Waals surface area contributed by atoms with E-state index in [2.05, 4.69) is 70.5 Å². The number of tetrazole rings is 1. The van der Waals surface area contributed by atoms with Crippen molar-refractivity contribution in [2.75, 3.05) is 33.2 Å². The highest BCUT2D eigenvalue weighted by Crippen LogP contribution is 2.27. The predicted octanol–water partition coefficient (Wildman–Crippen LogP) is 1.86. The second-order valence-electron chi connectivity index (χ2n) is 7.02. The molecule has 1 aliphatic heterocycles. The molecule has 0 radical (unpaired) electrons. The van der Waals surface area contributed by atoms with Crippen LogP contribution in [-0.2, 0) is 13.0 Å². The fourth-order valence-electron chi connectivity index (χ4n) is 3.45. The number of hydrogen-bond acceptors (Lipinski definition) is 5. The fraction of sp³-hybridized carbons (Fsp3) is 0.611. The van der Waals surface area contributed by atoms with Crippen LogP contribution in [0.4, 0.5) is 0 Å². The lowest BCUT2D eigenvalue weighted by molar-refractivity contribution is 0.0809. The summed E-state index contributed by atoms with van der Waals surface area (Å²) in [5.41, 5.74) is 1.32. The standard InChI is InChI=1S/C18H28N6/c1-15(2)17(23-13-11-22(3)12-14-23)18-19-20-21-24(18)10-9-16-7-5-4-6-8-16/h4-8,15,17H,9-14H2,1-3H3/t17-/m0/s1. The van der Waals surface area contributed by atoms with E-state index in [0.29, 0.717) is 5.92 Å². The molecule has 1 aromatic heterocycles. The molecule has 2 aromatic rings. The minimum Gasteiger partial charge on any atom is -0.304 e.